The van der Waals surface area contributed by atoms with Crippen LogP contribution in [0.4, 0.5) is 5.69 Å². The van der Waals surface area contributed by atoms with Crippen LogP contribution < -0.4 is 10.6 Å². The van der Waals surface area contributed by atoms with Crippen LogP contribution in [0.3, 0.4) is 0 Å². The largest absolute Gasteiger partial charge is 0.359 e. The van der Waals surface area contributed by atoms with E-state index < -0.39 is 0 Å². The molecule has 4 aliphatic rings. The zero-order valence-corrected chi connectivity index (χ0v) is 13.1. The summed E-state index contributed by atoms with van der Waals surface area (Å²) in [5, 5.41) is 0.646. The van der Waals surface area contributed by atoms with Crippen LogP contribution in [0.1, 0.15) is 44.1 Å². The number of anilines is 1. The molecule has 0 aromatic carbocycles. The predicted molar refractivity (Wildman–Crippen MR) is 87.5 cm³/mol. The smallest absolute Gasteiger partial charge is 0.152 e. The van der Waals surface area contributed by atoms with Gasteiger partial charge >= 0.3 is 0 Å². The van der Waals surface area contributed by atoms with Gasteiger partial charge in [-0.05, 0) is 56.6 Å². The molecule has 2 bridgehead atoms. The highest BCUT2D eigenvalue weighted by Gasteiger charge is 2.51. The summed E-state index contributed by atoms with van der Waals surface area (Å²) in [6.07, 6.45) is 13.7. The van der Waals surface area contributed by atoms with Crippen LogP contribution in [-0.2, 0) is 0 Å². The lowest BCUT2D eigenvalue weighted by molar-refractivity contribution is 0.0476. The van der Waals surface area contributed by atoms with E-state index in [0.717, 1.165) is 18.8 Å². The first kappa shape index (κ1) is 13.6. The summed E-state index contributed by atoms with van der Waals surface area (Å²) in [7, 11) is 0. The molecule has 3 saturated carbocycles. The minimum absolute atomic E-state index is 0.267. The molecule has 0 spiro atoms. The van der Waals surface area contributed by atoms with Gasteiger partial charge in [-0.2, -0.15) is 0 Å². The average molecular weight is 304 g/mol. The fraction of sp³-hybridized carbons (Fsp3) is 0.588. The maximum absolute atomic E-state index is 6.44. The molecule has 1 aromatic heterocycles. The van der Waals surface area contributed by atoms with E-state index in [1.54, 1.807) is 6.20 Å². The van der Waals surface area contributed by atoms with E-state index in [1.807, 2.05) is 0 Å². The van der Waals surface area contributed by atoms with Crippen LogP contribution in [0.5, 0.6) is 0 Å². The molecular formula is C17H22ClN3. The molecule has 0 saturated heterocycles. The van der Waals surface area contributed by atoms with Crippen molar-refractivity contribution in [3.63, 3.8) is 0 Å². The van der Waals surface area contributed by atoms with Crippen molar-refractivity contribution in [1.29, 1.82) is 0 Å². The van der Waals surface area contributed by atoms with Crippen molar-refractivity contribution in [1.82, 2.24) is 4.98 Å². The second-order valence-electron chi connectivity index (χ2n) is 6.98. The highest BCUT2D eigenvalue weighted by atomic mass is 35.5. The first-order valence-corrected chi connectivity index (χ1v) is 8.35. The molecular weight excluding hydrogens is 282 g/mol. The van der Waals surface area contributed by atoms with Gasteiger partial charge in [-0.1, -0.05) is 23.8 Å². The molecule has 2 N–H and O–H groups in total. The van der Waals surface area contributed by atoms with Crippen molar-refractivity contribution in [3.05, 3.63) is 29.1 Å². The van der Waals surface area contributed by atoms with Crippen LogP contribution in [0, 0.1) is 5.41 Å². The Morgan fingerprint density at radius 3 is 2.57 bits per heavy atom. The lowest BCUT2D eigenvalue weighted by Crippen LogP contribution is -2.59. The number of rotatable bonds is 2. The second-order valence-corrected chi connectivity index (χ2v) is 7.34. The predicted octanol–water partition coefficient (Wildman–Crippen LogP) is 3.62. The zero-order valence-electron chi connectivity index (χ0n) is 12.3. The number of pyridine rings is 1. The normalized spacial score (nSPS) is 34.1. The minimum Gasteiger partial charge on any atom is -0.359 e. The molecule has 3 fully saturated rings. The van der Waals surface area contributed by atoms with Crippen molar-refractivity contribution in [2.75, 3.05) is 18.0 Å². The van der Waals surface area contributed by atoms with E-state index in [0.29, 0.717) is 10.6 Å². The molecule has 1 aromatic rings. The molecule has 0 unspecified atom stereocenters. The van der Waals surface area contributed by atoms with Crippen molar-refractivity contribution in [2.24, 2.45) is 11.1 Å². The van der Waals surface area contributed by atoms with Crippen LogP contribution in [0.15, 0.2) is 18.3 Å². The highest BCUT2D eigenvalue weighted by molar-refractivity contribution is 6.32. The fourth-order valence-corrected chi connectivity index (χ4v) is 4.87. The van der Waals surface area contributed by atoms with Gasteiger partial charge in [0.15, 0.2) is 5.15 Å². The first-order valence-electron chi connectivity index (χ1n) is 7.97. The summed E-state index contributed by atoms with van der Waals surface area (Å²) in [6, 6.07) is 2.07. The molecule has 2 heterocycles. The zero-order chi connectivity index (χ0) is 14.5. The van der Waals surface area contributed by atoms with Gasteiger partial charge in [-0.25, -0.2) is 4.98 Å². The number of fused-ring (bicyclic) bond motifs is 4. The molecule has 5 rings (SSSR count). The Balaban J connectivity index is 1.72. The minimum atomic E-state index is 0.267. The number of halogens is 1. The molecule has 0 atom stereocenters. The van der Waals surface area contributed by atoms with Crippen molar-refractivity contribution >= 4 is 23.4 Å². The fourth-order valence-electron chi connectivity index (χ4n) is 4.61. The Labute approximate surface area is 131 Å². The molecule has 3 aliphatic carbocycles. The van der Waals surface area contributed by atoms with Crippen LogP contribution in [0.25, 0.3) is 6.08 Å². The number of nitrogens with zero attached hydrogens (tertiary/aromatic N) is 2. The van der Waals surface area contributed by atoms with Gasteiger partial charge in [0.1, 0.15) is 0 Å². The summed E-state index contributed by atoms with van der Waals surface area (Å²) in [6.45, 7) is 1.80. The average Bonchev–Trinajstić information content (AvgIpc) is 2.56. The number of hydrogen-bond acceptors (Lipinski definition) is 3. The Hall–Kier alpha value is -1.06. The van der Waals surface area contributed by atoms with Crippen molar-refractivity contribution in [2.45, 2.75) is 44.1 Å². The van der Waals surface area contributed by atoms with Gasteiger partial charge in [0, 0.05) is 23.8 Å². The third-order valence-electron chi connectivity index (χ3n) is 6.13. The second kappa shape index (κ2) is 4.72. The third-order valence-corrected chi connectivity index (χ3v) is 6.41. The summed E-state index contributed by atoms with van der Waals surface area (Å²) < 4.78 is 0. The lowest BCUT2D eigenvalue weighted by atomic mass is 9.56. The Morgan fingerprint density at radius 2 is 1.90 bits per heavy atom. The molecule has 21 heavy (non-hydrogen) atoms. The summed E-state index contributed by atoms with van der Waals surface area (Å²) in [5.74, 6) is 0. The summed E-state index contributed by atoms with van der Waals surface area (Å²) >= 11 is 6.44. The Morgan fingerprint density at radius 1 is 1.19 bits per heavy atom. The van der Waals surface area contributed by atoms with Gasteiger partial charge in [-0.3, -0.25) is 0 Å². The number of aromatic nitrogens is 1. The van der Waals surface area contributed by atoms with E-state index in [4.69, 9.17) is 17.3 Å². The monoisotopic (exact) mass is 303 g/mol. The van der Waals surface area contributed by atoms with E-state index in [1.165, 1.54) is 44.1 Å². The van der Waals surface area contributed by atoms with Crippen molar-refractivity contribution in [3.8, 4) is 0 Å². The molecule has 0 amide bonds. The summed E-state index contributed by atoms with van der Waals surface area (Å²) in [5.41, 5.74) is 9.08. The van der Waals surface area contributed by atoms with E-state index >= 15 is 0 Å². The molecule has 1 aliphatic heterocycles. The quantitative estimate of drug-likeness (QED) is 0.849. The van der Waals surface area contributed by atoms with Crippen LogP contribution in [-0.4, -0.2) is 23.6 Å². The number of hydrogen-bond donors (Lipinski definition) is 1. The van der Waals surface area contributed by atoms with Gasteiger partial charge in [0.05, 0.1) is 5.69 Å². The number of nitrogens with two attached hydrogens (primary N) is 1. The van der Waals surface area contributed by atoms with E-state index in [-0.39, 0.29) is 5.54 Å². The van der Waals surface area contributed by atoms with Gasteiger partial charge in [-0.15, -0.1) is 0 Å². The van der Waals surface area contributed by atoms with Crippen molar-refractivity contribution < 1.29 is 0 Å². The SMILES string of the molecule is NCC12CCC(N3CC=Cc4ccnc(Cl)c43)(CC1)CC2. The molecule has 0 radical (unpaired) electrons. The first-order chi connectivity index (χ1) is 10.2. The van der Waals surface area contributed by atoms with Gasteiger partial charge in [0.2, 0.25) is 0 Å². The van der Waals surface area contributed by atoms with Gasteiger partial charge in [0.25, 0.3) is 0 Å². The van der Waals surface area contributed by atoms with E-state index in [9.17, 15) is 0 Å². The maximum Gasteiger partial charge on any atom is 0.152 e. The topological polar surface area (TPSA) is 42.1 Å². The third kappa shape index (κ3) is 1.94. The standard InChI is InChI=1S/C17H22ClN3/c18-15-14-13(3-10-20-15)2-1-11-21(14)17-7-4-16(12-19,5-8-17)6-9-17/h1-3,10H,4-9,11-12,19H2. The summed E-state index contributed by atoms with van der Waals surface area (Å²) in [4.78, 5) is 6.85. The Bertz CT molecular complexity index is 571. The maximum atomic E-state index is 6.44. The molecule has 4 heteroatoms. The molecule has 3 nitrogen and oxygen atoms in total. The molecule has 112 valence electrons. The van der Waals surface area contributed by atoms with Crippen LogP contribution in [0.2, 0.25) is 5.15 Å². The van der Waals surface area contributed by atoms with Crippen LogP contribution >= 0.6 is 11.6 Å². The highest BCUT2D eigenvalue weighted by Crippen LogP contribution is 2.56. The Kier molecular flexibility index (Phi) is 3.05. The van der Waals surface area contributed by atoms with E-state index in [2.05, 4.69) is 28.1 Å². The lowest BCUT2D eigenvalue weighted by Gasteiger charge is -2.58. The van der Waals surface area contributed by atoms with Gasteiger partial charge < -0.3 is 10.6 Å².